The Balaban J connectivity index is 1.71. The number of hydrogen-bond donors (Lipinski definition) is 1. The van der Waals surface area contributed by atoms with Crippen LogP contribution in [0.4, 0.5) is 4.39 Å². The predicted molar refractivity (Wildman–Crippen MR) is 109 cm³/mol. The van der Waals surface area contributed by atoms with Crippen LogP contribution in [0.25, 0.3) is 0 Å². The second kappa shape index (κ2) is 8.89. The van der Waals surface area contributed by atoms with Crippen molar-refractivity contribution in [2.24, 2.45) is 0 Å². The first-order valence-corrected chi connectivity index (χ1v) is 10.6. The summed E-state index contributed by atoms with van der Waals surface area (Å²) < 4.78 is 13.2. The Morgan fingerprint density at radius 1 is 1.22 bits per heavy atom. The molecule has 3 nitrogen and oxygen atoms in total. The van der Waals surface area contributed by atoms with Crippen LogP contribution in [0.1, 0.15) is 35.9 Å². The number of thioether (sulfide) groups is 1. The SMILES string of the molecule is Cc1ccccc1C[NH+](CC(=O)N1CCS[C@@H]1c1ccc(F)cc1)C(C)C. The fourth-order valence-corrected chi connectivity index (χ4v) is 4.73. The maximum absolute atomic E-state index is 13.2. The van der Waals surface area contributed by atoms with E-state index in [0.717, 1.165) is 24.4 Å². The molecule has 1 N–H and O–H groups in total. The van der Waals surface area contributed by atoms with Crippen LogP contribution in [0.5, 0.6) is 0 Å². The van der Waals surface area contributed by atoms with E-state index in [-0.39, 0.29) is 17.1 Å². The van der Waals surface area contributed by atoms with E-state index < -0.39 is 0 Å². The summed E-state index contributed by atoms with van der Waals surface area (Å²) in [4.78, 5) is 16.3. The second-order valence-electron chi connectivity index (χ2n) is 7.45. The molecule has 2 aromatic rings. The zero-order chi connectivity index (χ0) is 19.4. The molecule has 5 heteroatoms. The number of nitrogens with zero attached hydrogens (tertiary/aromatic N) is 1. The number of carbonyl (C=O) groups excluding carboxylic acids is 1. The van der Waals surface area contributed by atoms with Gasteiger partial charge in [0.25, 0.3) is 5.91 Å². The lowest BCUT2D eigenvalue weighted by atomic mass is 10.1. The van der Waals surface area contributed by atoms with Gasteiger partial charge < -0.3 is 9.80 Å². The maximum atomic E-state index is 13.2. The number of hydrogen-bond acceptors (Lipinski definition) is 2. The monoisotopic (exact) mass is 387 g/mol. The van der Waals surface area contributed by atoms with Crippen molar-refractivity contribution >= 4 is 17.7 Å². The molecule has 0 spiro atoms. The number of halogens is 1. The van der Waals surface area contributed by atoms with E-state index in [9.17, 15) is 9.18 Å². The van der Waals surface area contributed by atoms with Crippen molar-refractivity contribution in [1.29, 1.82) is 0 Å². The molecule has 3 rings (SSSR count). The minimum atomic E-state index is -0.242. The van der Waals surface area contributed by atoms with Crippen LogP contribution in [0.3, 0.4) is 0 Å². The normalized spacial score (nSPS) is 18.1. The summed E-state index contributed by atoms with van der Waals surface area (Å²) in [5.41, 5.74) is 3.56. The molecule has 144 valence electrons. The third-order valence-corrected chi connectivity index (χ3v) is 6.50. The predicted octanol–water partition coefficient (Wildman–Crippen LogP) is 3.20. The Bertz CT molecular complexity index is 778. The lowest BCUT2D eigenvalue weighted by Gasteiger charge is -2.28. The van der Waals surface area contributed by atoms with Crippen LogP contribution >= 0.6 is 11.8 Å². The number of nitrogens with one attached hydrogen (secondary N) is 1. The first-order valence-electron chi connectivity index (χ1n) is 9.51. The fourth-order valence-electron chi connectivity index (χ4n) is 3.45. The minimum absolute atomic E-state index is 0.00928. The van der Waals surface area contributed by atoms with E-state index in [1.165, 1.54) is 28.2 Å². The average Bonchev–Trinajstić information content (AvgIpc) is 3.13. The molecule has 0 radical (unpaired) electrons. The van der Waals surface area contributed by atoms with Gasteiger partial charge in [-0.05, 0) is 44.0 Å². The van der Waals surface area contributed by atoms with Crippen molar-refractivity contribution in [3.8, 4) is 0 Å². The molecule has 0 aromatic heterocycles. The van der Waals surface area contributed by atoms with Gasteiger partial charge in [0.2, 0.25) is 0 Å². The Labute approximate surface area is 165 Å². The van der Waals surface area contributed by atoms with Crippen LogP contribution in [0, 0.1) is 12.7 Å². The molecule has 2 atom stereocenters. The van der Waals surface area contributed by atoms with Crippen LogP contribution in [-0.4, -0.2) is 35.7 Å². The van der Waals surface area contributed by atoms with Gasteiger partial charge in [0.15, 0.2) is 6.54 Å². The third kappa shape index (κ3) is 4.90. The first kappa shape index (κ1) is 19.9. The zero-order valence-corrected chi connectivity index (χ0v) is 17.1. The van der Waals surface area contributed by atoms with E-state index in [1.54, 1.807) is 23.9 Å². The lowest BCUT2D eigenvalue weighted by molar-refractivity contribution is -0.927. The summed E-state index contributed by atoms with van der Waals surface area (Å²) in [5.74, 6) is 0.850. The molecule has 1 aliphatic heterocycles. The van der Waals surface area contributed by atoms with Gasteiger partial charge in [-0.1, -0.05) is 36.4 Å². The van der Waals surface area contributed by atoms with E-state index in [1.807, 2.05) is 11.0 Å². The van der Waals surface area contributed by atoms with Gasteiger partial charge in [-0.25, -0.2) is 4.39 Å². The maximum Gasteiger partial charge on any atom is 0.278 e. The molecule has 1 fully saturated rings. The van der Waals surface area contributed by atoms with Gasteiger partial charge in [0.05, 0.1) is 6.04 Å². The smallest absolute Gasteiger partial charge is 0.278 e. The molecule has 1 unspecified atom stereocenters. The van der Waals surface area contributed by atoms with Gasteiger partial charge in [0, 0.05) is 17.9 Å². The van der Waals surface area contributed by atoms with Gasteiger partial charge in [-0.2, -0.15) is 0 Å². The number of aryl methyl sites for hydroxylation is 1. The second-order valence-corrected chi connectivity index (χ2v) is 8.64. The molecule has 1 saturated heterocycles. The summed E-state index contributed by atoms with van der Waals surface area (Å²) in [6.07, 6.45) is 0. The fraction of sp³-hybridized carbons (Fsp3) is 0.409. The molecular weight excluding hydrogens is 359 g/mol. The summed E-state index contributed by atoms with van der Waals surface area (Å²) in [5, 5.41) is -0.00928. The number of amides is 1. The lowest BCUT2D eigenvalue weighted by Crippen LogP contribution is -3.14. The van der Waals surface area contributed by atoms with E-state index in [0.29, 0.717) is 12.6 Å². The quantitative estimate of drug-likeness (QED) is 0.823. The number of carbonyl (C=O) groups is 1. The Hall–Kier alpha value is -1.85. The molecular formula is C22H28FN2OS+. The van der Waals surface area contributed by atoms with E-state index in [2.05, 4.69) is 39.0 Å². The largest absolute Gasteiger partial charge is 0.321 e. The van der Waals surface area contributed by atoms with Gasteiger partial charge in [-0.15, -0.1) is 11.8 Å². The van der Waals surface area contributed by atoms with E-state index >= 15 is 0 Å². The highest BCUT2D eigenvalue weighted by Gasteiger charge is 2.33. The Morgan fingerprint density at radius 3 is 2.59 bits per heavy atom. The van der Waals surface area contributed by atoms with Crippen LogP contribution in [-0.2, 0) is 11.3 Å². The zero-order valence-electron chi connectivity index (χ0n) is 16.2. The topological polar surface area (TPSA) is 24.8 Å². The highest BCUT2D eigenvalue weighted by atomic mass is 32.2. The highest BCUT2D eigenvalue weighted by Crippen LogP contribution is 2.37. The van der Waals surface area contributed by atoms with Crippen LogP contribution in [0.2, 0.25) is 0 Å². The number of benzene rings is 2. The van der Waals surface area contributed by atoms with Crippen LogP contribution < -0.4 is 4.90 Å². The van der Waals surface area contributed by atoms with Gasteiger partial charge in [0.1, 0.15) is 17.7 Å². The highest BCUT2D eigenvalue weighted by molar-refractivity contribution is 7.99. The van der Waals surface area contributed by atoms with E-state index in [4.69, 9.17) is 0 Å². The molecule has 1 aliphatic rings. The molecule has 0 bridgehead atoms. The van der Waals surface area contributed by atoms with Crippen molar-refractivity contribution in [2.75, 3.05) is 18.8 Å². The van der Waals surface area contributed by atoms with Crippen molar-refractivity contribution in [3.63, 3.8) is 0 Å². The molecule has 0 saturated carbocycles. The standard InChI is InChI=1S/C22H27FN2OS/c1-16(2)24(14-19-7-5-4-6-17(19)3)15-21(26)25-12-13-27-22(25)18-8-10-20(23)11-9-18/h4-11,16,22H,12-15H2,1-3H3/p+1/t22-/m1/s1. The molecule has 0 aliphatic carbocycles. The van der Waals surface area contributed by atoms with Crippen molar-refractivity contribution < 1.29 is 14.1 Å². The van der Waals surface area contributed by atoms with Crippen molar-refractivity contribution in [3.05, 3.63) is 71.0 Å². The van der Waals surface area contributed by atoms with Crippen molar-refractivity contribution in [1.82, 2.24) is 4.90 Å². The number of quaternary nitrogens is 1. The summed E-state index contributed by atoms with van der Waals surface area (Å²) in [6.45, 7) is 8.52. The minimum Gasteiger partial charge on any atom is -0.321 e. The summed E-state index contributed by atoms with van der Waals surface area (Å²) >= 11 is 1.75. The van der Waals surface area contributed by atoms with Gasteiger partial charge >= 0.3 is 0 Å². The Kier molecular flexibility index (Phi) is 6.55. The summed E-state index contributed by atoms with van der Waals surface area (Å²) in [6, 6.07) is 15.3. The molecule has 1 heterocycles. The molecule has 1 amide bonds. The first-order chi connectivity index (χ1) is 13.0. The molecule has 2 aromatic carbocycles. The number of rotatable bonds is 6. The third-order valence-electron chi connectivity index (χ3n) is 5.24. The Morgan fingerprint density at radius 2 is 1.93 bits per heavy atom. The average molecular weight is 388 g/mol. The van der Waals surface area contributed by atoms with Gasteiger partial charge in [-0.3, -0.25) is 4.79 Å². The molecule has 27 heavy (non-hydrogen) atoms. The van der Waals surface area contributed by atoms with Crippen molar-refractivity contribution in [2.45, 2.75) is 38.7 Å². The van der Waals surface area contributed by atoms with Crippen LogP contribution in [0.15, 0.2) is 48.5 Å². The summed E-state index contributed by atoms with van der Waals surface area (Å²) in [7, 11) is 0.